The van der Waals surface area contributed by atoms with Gasteiger partial charge in [-0.2, -0.15) is 0 Å². The fraction of sp³-hybridized carbons (Fsp3) is 0.613. The van der Waals surface area contributed by atoms with Crippen LogP contribution in [0.4, 0.5) is 4.79 Å². The largest absolute Gasteiger partial charge is 0.444 e. The molecule has 1 aromatic carbocycles. The molecule has 0 aliphatic rings. The lowest BCUT2D eigenvalue weighted by atomic mass is 9.91. The molecule has 0 aliphatic heterocycles. The molecule has 5 atom stereocenters. The number of H-pyrrole nitrogens is 1. The Kier molecular flexibility index (Phi) is 13.5. The average molecular weight is 587 g/mol. The number of alkyl carbamates (subject to hydrolysis) is 1. The van der Waals surface area contributed by atoms with E-state index in [0.717, 1.165) is 5.56 Å². The minimum absolute atomic E-state index is 0.0988. The van der Waals surface area contributed by atoms with Crippen molar-refractivity contribution in [2.24, 2.45) is 17.6 Å². The topological polar surface area (TPSA) is 171 Å². The molecule has 11 heteroatoms. The number of amides is 3. The van der Waals surface area contributed by atoms with Gasteiger partial charge in [-0.3, -0.25) is 9.59 Å². The lowest BCUT2D eigenvalue weighted by molar-refractivity contribution is -0.131. The predicted molar refractivity (Wildman–Crippen MR) is 162 cm³/mol. The number of aliphatic hydroxyl groups is 1. The third-order valence-electron chi connectivity index (χ3n) is 6.78. The standard InChI is InChI=1S/C31H50N6O5/c1-19(2)13-24(27(38)16-23(32)20(3)4)35-29(40)26(15-22-17-33-18-34-22)36-28(39)25(14-21-11-9-8-10-12-21)37-30(41)42-31(5,6)7/h8-12,17-20,23-27,38H,13-16,32H2,1-7H3,(H,33,34)(H,35,40)(H,36,39)(H,37,41)/t23-,24-,25-,26-,27-/m0/s1. The van der Waals surface area contributed by atoms with Crippen LogP contribution < -0.4 is 21.7 Å². The second-order valence-corrected chi connectivity index (χ2v) is 12.7. The van der Waals surface area contributed by atoms with Gasteiger partial charge in [-0.15, -0.1) is 0 Å². The molecule has 1 heterocycles. The highest BCUT2D eigenvalue weighted by atomic mass is 16.6. The molecule has 42 heavy (non-hydrogen) atoms. The summed E-state index contributed by atoms with van der Waals surface area (Å²) in [5.74, 6) is -0.665. The molecular formula is C31H50N6O5. The van der Waals surface area contributed by atoms with Crippen LogP contribution in [0, 0.1) is 11.8 Å². The normalized spacial score (nSPS) is 15.4. The van der Waals surface area contributed by atoms with E-state index in [1.807, 2.05) is 58.0 Å². The van der Waals surface area contributed by atoms with Gasteiger partial charge in [-0.05, 0) is 51.0 Å². The molecule has 11 nitrogen and oxygen atoms in total. The van der Waals surface area contributed by atoms with Gasteiger partial charge in [-0.1, -0.05) is 58.0 Å². The molecule has 0 fully saturated rings. The maximum absolute atomic E-state index is 13.7. The zero-order valence-electron chi connectivity index (χ0n) is 26.0. The van der Waals surface area contributed by atoms with E-state index in [9.17, 15) is 19.5 Å². The van der Waals surface area contributed by atoms with Crippen molar-refractivity contribution in [3.05, 3.63) is 54.1 Å². The van der Waals surface area contributed by atoms with Crippen LogP contribution in [-0.4, -0.2) is 68.9 Å². The average Bonchev–Trinajstić information content (AvgIpc) is 3.39. The first-order valence-electron chi connectivity index (χ1n) is 14.7. The van der Waals surface area contributed by atoms with Gasteiger partial charge in [0.15, 0.2) is 0 Å². The Morgan fingerprint density at radius 1 is 0.952 bits per heavy atom. The molecule has 0 radical (unpaired) electrons. The monoisotopic (exact) mass is 586 g/mol. The number of aromatic nitrogens is 2. The molecule has 3 amide bonds. The number of ether oxygens (including phenoxy) is 1. The number of nitrogens with two attached hydrogens (primary N) is 1. The smallest absolute Gasteiger partial charge is 0.408 e. The van der Waals surface area contributed by atoms with Crippen LogP contribution in [0.25, 0.3) is 0 Å². The Balaban J connectivity index is 2.29. The summed E-state index contributed by atoms with van der Waals surface area (Å²) in [7, 11) is 0. The van der Waals surface area contributed by atoms with Gasteiger partial charge in [0.2, 0.25) is 11.8 Å². The summed E-state index contributed by atoms with van der Waals surface area (Å²) in [6.45, 7) is 13.2. The van der Waals surface area contributed by atoms with Crippen molar-refractivity contribution in [3.8, 4) is 0 Å². The van der Waals surface area contributed by atoms with E-state index in [-0.39, 0.29) is 30.7 Å². The molecule has 234 valence electrons. The zero-order valence-corrected chi connectivity index (χ0v) is 26.0. The summed E-state index contributed by atoms with van der Waals surface area (Å²) in [4.78, 5) is 47.1. The van der Waals surface area contributed by atoms with Crippen molar-refractivity contribution in [1.82, 2.24) is 25.9 Å². The summed E-state index contributed by atoms with van der Waals surface area (Å²) in [5, 5.41) is 19.5. The molecule has 0 saturated carbocycles. The summed E-state index contributed by atoms with van der Waals surface area (Å²) >= 11 is 0. The molecule has 0 aliphatic carbocycles. The Morgan fingerprint density at radius 2 is 1.57 bits per heavy atom. The van der Waals surface area contributed by atoms with E-state index in [0.29, 0.717) is 18.5 Å². The van der Waals surface area contributed by atoms with Gasteiger partial charge in [0.1, 0.15) is 17.7 Å². The number of hydrogen-bond donors (Lipinski definition) is 6. The number of nitrogens with one attached hydrogen (secondary N) is 4. The molecule has 2 rings (SSSR count). The Bertz CT molecular complexity index is 1100. The van der Waals surface area contributed by atoms with Crippen LogP contribution in [0.2, 0.25) is 0 Å². The van der Waals surface area contributed by atoms with Gasteiger partial charge < -0.3 is 36.5 Å². The fourth-order valence-electron chi connectivity index (χ4n) is 4.42. The van der Waals surface area contributed by atoms with Gasteiger partial charge in [0, 0.05) is 25.1 Å². The summed E-state index contributed by atoms with van der Waals surface area (Å²) in [6.07, 6.45) is 2.67. The minimum Gasteiger partial charge on any atom is -0.444 e. The van der Waals surface area contributed by atoms with E-state index in [4.69, 9.17) is 10.5 Å². The second-order valence-electron chi connectivity index (χ2n) is 12.7. The zero-order chi connectivity index (χ0) is 31.4. The van der Waals surface area contributed by atoms with E-state index in [2.05, 4.69) is 25.9 Å². The number of carbonyl (C=O) groups excluding carboxylic acids is 3. The number of rotatable bonds is 15. The number of aliphatic hydroxyl groups excluding tert-OH is 1. The molecule has 0 saturated heterocycles. The second kappa shape index (κ2) is 16.3. The number of imidazole rings is 1. The summed E-state index contributed by atoms with van der Waals surface area (Å²) in [5.41, 5.74) is 6.85. The van der Waals surface area contributed by atoms with Crippen molar-refractivity contribution in [1.29, 1.82) is 0 Å². The SMILES string of the molecule is CC(C)C[C@H](NC(=O)[C@H](Cc1c[nH]cn1)NC(=O)[C@H](Cc1ccccc1)NC(=O)OC(C)(C)C)[C@@H](O)C[C@H](N)C(C)C. The highest BCUT2D eigenvalue weighted by Gasteiger charge is 2.32. The first-order valence-corrected chi connectivity index (χ1v) is 14.7. The van der Waals surface area contributed by atoms with Crippen LogP contribution in [0.3, 0.4) is 0 Å². The number of carbonyl (C=O) groups is 3. The lowest BCUT2D eigenvalue weighted by Gasteiger charge is -2.30. The Morgan fingerprint density at radius 3 is 2.12 bits per heavy atom. The van der Waals surface area contributed by atoms with Crippen molar-refractivity contribution in [2.75, 3.05) is 0 Å². The number of hydrogen-bond acceptors (Lipinski definition) is 7. The number of nitrogens with zero attached hydrogens (tertiary/aromatic N) is 1. The summed E-state index contributed by atoms with van der Waals surface area (Å²) < 4.78 is 5.40. The van der Waals surface area contributed by atoms with Gasteiger partial charge in [-0.25, -0.2) is 9.78 Å². The van der Waals surface area contributed by atoms with Crippen molar-refractivity contribution < 1.29 is 24.2 Å². The van der Waals surface area contributed by atoms with Gasteiger partial charge >= 0.3 is 6.09 Å². The van der Waals surface area contributed by atoms with Gasteiger partial charge in [0.25, 0.3) is 0 Å². The highest BCUT2D eigenvalue weighted by Crippen LogP contribution is 2.16. The number of benzene rings is 1. The van der Waals surface area contributed by atoms with Gasteiger partial charge in [0.05, 0.1) is 24.2 Å². The highest BCUT2D eigenvalue weighted by molar-refractivity contribution is 5.91. The first-order chi connectivity index (χ1) is 19.6. The van der Waals surface area contributed by atoms with Crippen molar-refractivity contribution in [3.63, 3.8) is 0 Å². The lowest BCUT2D eigenvalue weighted by Crippen LogP contribution is -2.58. The van der Waals surface area contributed by atoms with E-state index in [1.54, 1.807) is 27.0 Å². The molecular weight excluding hydrogens is 536 g/mol. The van der Waals surface area contributed by atoms with Crippen LogP contribution in [0.5, 0.6) is 0 Å². The van der Waals surface area contributed by atoms with Crippen LogP contribution in [-0.2, 0) is 27.2 Å². The third kappa shape index (κ3) is 12.6. The fourth-order valence-corrected chi connectivity index (χ4v) is 4.42. The Hall–Kier alpha value is -3.44. The molecule has 0 bridgehead atoms. The maximum atomic E-state index is 13.7. The molecule has 2 aromatic rings. The Labute approximate surface area is 249 Å². The van der Waals surface area contributed by atoms with Crippen LogP contribution in [0.1, 0.15) is 72.6 Å². The first kappa shape index (κ1) is 34.8. The quantitative estimate of drug-likeness (QED) is 0.186. The molecule has 1 aromatic heterocycles. The molecule has 0 unspecified atom stereocenters. The third-order valence-corrected chi connectivity index (χ3v) is 6.78. The molecule has 7 N–H and O–H groups in total. The maximum Gasteiger partial charge on any atom is 0.408 e. The van der Waals surface area contributed by atoms with Crippen molar-refractivity contribution in [2.45, 2.75) is 110 Å². The van der Waals surface area contributed by atoms with Crippen molar-refractivity contribution >= 4 is 17.9 Å². The van der Waals surface area contributed by atoms with E-state index >= 15 is 0 Å². The predicted octanol–water partition coefficient (Wildman–Crippen LogP) is 2.84. The van der Waals surface area contributed by atoms with Crippen LogP contribution >= 0.6 is 0 Å². The number of aromatic amines is 1. The van der Waals surface area contributed by atoms with E-state index < -0.39 is 47.7 Å². The summed E-state index contributed by atoms with van der Waals surface area (Å²) in [6, 6.07) is 6.41. The van der Waals surface area contributed by atoms with E-state index in [1.165, 1.54) is 6.33 Å². The van der Waals surface area contributed by atoms with Crippen LogP contribution in [0.15, 0.2) is 42.9 Å². The minimum atomic E-state index is -1.03. The molecule has 0 spiro atoms.